The van der Waals surface area contributed by atoms with Crippen LogP contribution < -0.4 is 10.5 Å². The number of allylic oxidation sites excluding steroid dienone is 3. The first-order chi connectivity index (χ1) is 13.3. The van der Waals surface area contributed by atoms with Crippen LogP contribution in [0.15, 0.2) is 47.6 Å². The van der Waals surface area contributed by atoms with Crippen LogP contribution in [0.5, 0.6) is 5.75 Å². The van der Waals surface area contributed by atoms with Crippen molar-refractivity contribution in [1.29, 1.82) is 0 Å². The van der Waals surface area contributed by atoms with Gasteiger partial charge in [-0.05, 0) is 50.1 Å². The monoisotopic (exact) mass is 383 g/mol. The van der Waals surface area contributed by atoms with Gasteiger partial charge in [-0.25, -0.2) is 0 Å². The van der Waals surface area contributed by atoms with Crippen molar-refractivity contribution in [1.82, 2.24) is 0 Å². The molecule has 3 rings (SSSR count). The van der Waals surface area contributed by atoms with Crippen molar-refractivity contribution >= 4 is 18.0 Å². The summed E-state index contributed by atoms with van der Waals surface area (Å²) >= 11 is 0. The van der Waals surface area contributed by atoms with Gasteiger partial charge in [0.2, 0.25) is 0 Å². The van der Waals surface area contributed by atoms with Crippen molar-refractivity contribution in [3.8, 4) is 5.75 Å². The van der Waals surface area contributed by atoms with Gasteiger partial charge in [0.15, 0.2) is 0 Å². The molecule has 3 heteroatoms. The van der Waals surface area contributed by atoms with Gasteiger partial charge in [0.05, 0.1) is 0 Å². The zero-order valence-corrected chi connectivity index (χ0v) is 18.8. The SMILES string of the molecule is CC.CC.CC1=CCC(C=O)C=C1C(C)(C)C1(C)C=Cc2cc(N)ccc2O1. The number of carbonyl (C=O) groups is 1. The molecule has 0 saturated heterocycles. The number of ether oxygens (including phenoxy) is 1. The third kappa shape index (κ3) is 4.57. The summed E-state index contributed by atoms with van der Waals surface area (Å²) < 4.78 is 6.41. The van der Waals surface area contributed by atoms with Crippen LogP contribution >= 0.6 is 0 Å². The lowest BCUT2D eigenvalue weighted by Gasteiger charge is -2.46. The third-order valence-electron chi connectivity index (χ3n) is 5.53. The first-order valence-corrected chi connectivity index (χ1v) is 10.4. The Balaban J connectivity index is 0.000000921. The number of rotatable bonds is 3. The molecule has 1 aliphatic carbocycles. The van der Waals surface area contributed by atoms with Crippen molar-refractivity contribution in [2.75, 3.05) is 5.73 Å². The van der Waals surface area contributed by atoms with E-state index in [1.54, 1.807) is 0 Å². The van der Waals surface area contributed by atoms with Gasteiger partial charge in [0.25, 0.3) is 0 Å². The molecule has 0 aromatic heterocycles. The van der Waals surface area contributed by atoms with Gasteiger partial charge in [0.1, 0.15) is 17.6 Å². The summed E-state index contributed by atoms with van der Waals surface area (Å²) in [5.74, 6) is 0.790. The van der Waals surface area contributed by atoms with Crippen LogP contribution in [0, 0.1) is 11.3 Å². The quantitative estimate of drug-likeness (QED) is 0.472. The second kappa shape index (κ2) is 9.77. The highest BCUT2D eigenvalue weighted by molar-refractivity contribution is 5.66. The molecule has 1 aromatic rings. The fourth-order valence-electron chi connectivity index (χ4n) is 3.54. The number of nitrogens with two attached hydrogens (primary N) is 1. The van der Waals surface area contributed by atoms with E-state index < -0.39 is 5.60 Å². The molecule has 0 spiro atoms. The van der Waals surface area contributed by atoms with E-state index in [2.05, 4.69) is 52.0 Å². The van der Waals surface area contributed by atoms with Crippen LogP contribution in [0.3, 0.4) is 0 Å². The summed E-state index contributed by atoms with van der Waals surface area (Å²) in [6, 6.07) is 5.71. The minimum atomic E-state index is -0.512. The maximum atomic E-state index is 11.3. The topological polar surface area (TPSA) is 52.3 Å². The van der Waals surface area contributed by atoms with Crippen molar-refractivity contribution in [2.24, 2.45) is 11.3 Å². The van der Waals surface area contributed by atoms with E-state index in [0.717, 1.165) is 29.7 Å². The highest BCUT2D eigenvalue weighted by atomic mass is 16.5. The normalized spacial score (nSPS) is 22.8. The first kappa shape index (κ1) is 23.7. The van der Waals surface area contributed by atoms with E-state index in [0.29, 0.717) is 0 Å². The molecule has 0 saturated carbocycles. The number of anilines is 1. The maximum Gasteiger partial charge on any atom is 0.134 e. The van der Waals surface area contributed by atoms with E-state index >= 15 is 0 Å². The molecular weight excluding hydrogens is 346 g/mol. The summed E-state index contributed by atoms with van der Waals surface area (Å²) in [5, 5.41) is 0. The zero-order valence-electron chi connectivity index (χ0n) is 18.8. The van der Waals surface area contributed by atoms with Crippen LogP contribution in [-0.4, -0.2) is 11.9 Å². The Morgan fingerprint density at radius 1 is 1.21 bits per heavy atom. The fraction of sp³-hybridized carbons (Fsp3) is 0.480. The average Bonchev–Trinajstić information content (AvgIpc) is 2.71. The summed E-state index contributed by atoms with van der Waals surface area (Å²) in [5.41, 5.74) is 9.19. The van der Waals surface area contributed by atoms with Crippen LogP contribution in [0.4, 0.5) is 5.69 Å². The Morgan fingerprint density at radius 2 is 1.86 bits per heavy atom. The number of fused-ring (bicyclic) bond motifs is 1. The highest BCUT2D eigenvalue weighted by Crippen LogP contribution is 2.49. The van der Waals surface area contributed by atoms with Gasteiger partial charge < -0.3 is 15.3 Å². The van der Waals surface area contributed by atoms with Crippen LogP contribution in [-0.2, 0) is 4.79 Å². The smallest absolute Gasteiger partial charge is 0.134 e. The molecule has 0 amide bonds. The number of nitrogen functional groups attached to an aromatic ring is 1. The van der Waals surface area contributed by atoms with Crippen molar-refractivity contribution < 1.29 is 9.53 Å². The van der Waals surface area contributed by atoms with Gasteiger partial charge in [-0.1, -0.05) is 65.3 Å². The summed E-state index contributed by atoms with van der Waals surface area (Å²) in [6.45, 7) is 16.6. The van der Waals surface area contributed by atoms with E-state index in [9.17, 15) is 4.79 Å². The number of aldehydes is 1. The van der Waals surface area contributed by atoms with Crippen molar-refractivity contribution in [2.45, 2.75) is 67.4 Å². The zero-order chi connectivity index (χ0) is 21.5. The molecule has 3 nitrogen and oxygen atoms in total. The Bertz CT molecular complexity index is 771. The van der Waals surface area contributed by atoms with Gasteiger partial charge in [-0.3, -0.25) is 0 Å². The predicted molar refractivity (Wildman–Crippen MR) is 121 cm³/mol. The molecular formula is C25H37NO2. The van der Waals surface area contributed by atoms with Crippen molar-refractivity contribution in [3.05, 3.63) is 53.1 Å². The maximum absolute atomic E-state index is 11.3. The predicted octanol–water partition coefficient (Wildman–Crippen LogP) is 6.60. The molecule has 28 heavy (non-hydrogen) atoms. The molecule has 0 radical (unpaired) electrons. The average molecular weight is 384 g/mol. The molecule has 2 aliphatic rings. The van der Waals surface area contributed by atoms with Crippen LogP contribution in [0.1, 0.15) is 67.4 Å². The lowest BCUT2D eigenvalue weighted by Crippen LogP contribution is -2.48. The standard InChI is InChI=1S/C21H25NO2.2C2H6/c1-14-5-6-15(13-23)11-18(14)20(2,3)21(4)10-9-16-12-17(22)7-8-19(16)24-21;2*1-2/h5,7-13,15H,6,22H2,1-4H3;2*1-2H3. The Hall–Kier alpha value is -2.29. The molecule has 0 fully saturated rings. The number of benzene rings is 1. The van der Waals surface area contributed by atoms with E-state index in [1.807, 2.05) is 45.9 Å². The molecule has 154 valence electrons. The van der Waals surface area contributed by atoms with E-state index in [4.69, 9.17) is 10.5 Å². The molecule has 2 atom stereocenters. The molecule has 0 bridgehead atoms. The Kier molecular flexibility index (Phi) is 8.29. The van der Waals surface area contributed by atoms with Crippen LogP contribution in [0.25, 0.3) is 6.08 Å². The molecule has 2 unspecified atom stereocenters. The Morgan fingerprint density at radius 3 is 2.46 bits per heavy atom. The lowest BCUT2D eigenvalue weighted by molar-refractivity contribution is -0.109. The molecule has 1 aliphatic heterocycles. The van der Waals surface area contributed by atoms with E-state index in [1.165, 1.54) is 11.1 Å². The third-order valence-corrected chi connectivity index (χ3v) is 5.53. The number of hydrogen-bond donors (Lipinski definition) is 1. The summed E-state index contributed by atoms with van der Waals surface area (Å²) in [7, 11) is 0. The first-order valence-electron chi connectivity index (χ1n) is 10.4. The van der Waals surface area contributed by atoms with Gasteiger partial charge >= 0.3 is 0 Å². The highest BCUT2D eigenvalue weighted by Gasteiger charge is 2.46. The second-order valence-corrected chi connectivity index (χ2v) is 7.47. The molecule has 2 N–H and O–H groups in total. The lowest BCUT2D eigenvalue weighted by atomic mass is 9.65. The van der Waals surface area contributed by atoms with Gasteiger partial charge in [0, 0.05) is 22.6 Å². The van der Waals surface area contributed by atoms with Gasteiger partial charge in [-0.2, -0.15) is 0 Å². The largest absolute Gasteiger partial charge is 0.482 e. The molecule has 1 aromatic carbocycles. The van der Waals surface area contributed by atoms with Crippen LogP contribution in [0.2, 0.25) is 0 Å². The van der Waals surface area contributed by atoms with E-state index in [-0.39, 0.29) is 11.3 Å². The number of hydrogen-bond acceptors (Lipinski definition) is 3. The minimum absolute atomic E-state index is 0.0498. The Labute approximate surface area is 171 Å². The minimum Gasteiger partial charge on any atom is -0.482 e. The van der Waals surface area contributed by atoms with Gasteiger partial charge in [-0.15, -0.1) is 0 Å². The summed E-state index contributed by atoms with van der Waals surface area (Å²) in [6.07, 6.45) is 10.2. The van der Waals surface area contributed by atoms with Crippen molar-refractivity contribution in [3.63, 3.8) is 0 Å². The second-order valence-electron chi connectivity index (χ2n) is 7.47. The fourth-order valence-corrected chi connectivity index (χ4v) is 3.54. The molecule has 1 heterocycles. The number of carbonyl (C=O) groups excluding carboxylic acids is 1. The summed E-state index contributed by atoms with van der Waals surface area (Å²) in [4.78, 5) is 11.3.